The second-order valence-corrected chi connectivity index (χ2v) is 8.18. The van der Waals surface area contributed by atoms with E-state index in [0.29, 0.717) is 11.4 Å². The van der Waals surface area contributed by atoms with Gasteiger partial charge in [0.25, 0.3) is 0 Å². The quantitative estimate of drug-likeness (QED) is 0.869. The van der Waals surface area contributed by atoms with Gasteiger partial charge >= 0.3 is 0 Å². The Labute approximate surface area is 113 Å². The third-order valence-corrected chi connectivity index (χ3v) is 6.34. The molecule has 0 aliphatic heterocycles. The standard InChI is InChI=1S/C12H20N2O2S2/c1-8-7-17-9(6-13-4)11(8)18(15,16)14-10-5-12(10,2)3/h7,10,13-14H,5-6H2,1-4H3. The van der Waals surface area contributed by atoms with E-state index >= 15 is 0 Å². The monoisotopic (exact) mass is 288 g/mol. The summed E-state index contributed by atoms with van der Waals surface area (Å²) in [6.45, 7) is 6.59. The highest BCUT2D eigenvalue weighted by molar-refractivity contribution is 7.89. The van der Waals surface area contributed by atoms with Gasteiger partial charge in [0, 0.05) is 17.5 Å². The number of rotatable bonds is 5. The van der Waals surface area contributed by atoms with Gasteiger partial charge in [-0.3, -0.25) is 0 Å². The lowest BCUT2D eigenvalue weighted by molar-refractivity contribution is 0.554. The van der Waals surface area contributed by atoms with Crippen molar-refractivity contribution in [1.82, 2.24) is 10.0 Å². The third-order valence-electron chi connectivity index (χ3n) is 3.41. The van der Waals surface area contributed by atoms with Crippen LogP contribution in [-0.2, 0) is 16.6 Å². The Morgan fingerprint density at radius 2 is 2.11 bits per heavy atom. The third kappa shape index (κ3) is 2.61. The van der Waals surface area contributed by atoms with Crippen molar-refractivity contribution in [2.24, 2.45) is 5.41 Å². The Morgan fingerprint density at radius 3 is 2.61 bits per heavy atom. The second kappa shape index (κ2) is 4.59. The smallest absolute Gasteiger partial charge is 0.242 e. The van der Waals surface area contributed by atoms with E-state index in [2.05, 4.69) is 23.9 Å². The summed E-state index contributed by atoms with van der Waals surface area (Å²) in [5.41, 5.74) is 0.927. The van der Waals surface area contributed by atoms with Crippen LogP contribution in [0.4, 0.5) is 0 Å². The van der Waals surface area contributed by atoms with Crippen LogP contribution in [0.3, 0.4) is 0 Å². The fourth-order valence-electron chi connectivity index (χ4n) is 2.05. The lowest BCUT2D eigenvalue weighted by Gasteiger charge is -2.10. The van der Waals surface area contributed by atoms with Crippen LogP contribution in [-0.4, -0.2) is 21.5 Å². The molecule has 0 radical (unpaired) electrons. The van der Waals surface area contributed by atoms with Crippen molar-refractivity contribution in [1.29, 1.82) is 0 Å². The maximum absolute atomic E-state index is 12.4. The number of nitrogens with one attached hydrogen (secondary N) is 2. The van der Waals surface area contributed by atoms with Crippen molar-refractivity contribution < 1.29 is 8.42 Å². The van der Waals surface area contributed by atoms with E-state index in [4.69, 9.17) is 0 Å². The lowest BCUT2D eigenvalue weighted by atomic mass is 10.2. The first kappa shape index (κ1) is 14.0. The minimum atomic E-state index is -3.39. The summed E-state index contributed by atoms with van der Waals surface area (Å²) in [6.07, 6.45) is 0.913. The summed E-state index contributed by atoms with van der Waals surface area (Å²) in [6, 6.07) is 0.0734. The van der Waals surface area contributed by atoms with Gasteiger partial charge in [0.2, 0.25) is 10.0 Å². The molecule has 6 heteroatoms. The molecule has 4 nitrogen and oxygen atoms in total. The summed E-state index contributed by atoms with van der Waals surface area (Å²) in [7, 11) is -1.57. The molecular formula is C12H20N2O2S2. The van der Waals surface area contributed by atoms with Gasteiger partial charge in [-0.15, -0.1) is 11.3 Å². The van der Waals surface area contributed by atoms with Crippen LogP contribution in [0.25, 0.3) is 0 Å². The highest BCUT2D eigenvalue weighted by atomic mass is 32.2. The Balaban J connectivity index is 2.27. The zero-order chi connectivity index (χ0) is 13.6. The number of aryl methyl sites for hydroxylation is 1. The summed E-state index contributed by atoms with van der Waals surface area (Å²) in [5, 5.41) is 4.92. The topological polar surface area (TPSA) is 58.2 Å². The Morgan fingerprint density at radius 1 is 1.50 bits per heavy atom. The molecule has 1 heterocycles. The normalized spacial score (nSPS) is 22.1. The van der Waals surface area contributed by atoms with E-state index in [1.165, 1.54) is 11.3 Å². The highest BCUT2D eigenvalue weighted by Crippen LogP contribution is 2.45. The van der Waals surface area contributed by atoms with Crippen molar-refractivity contribution in [3.05, 3.63) is 15.8 Å². The van der Waals surface area contributed by atoms with Crippen molar-refractivity contribution >= 4 is 21.4 Å². The molecule has 0 amide bonds. The Hall–Kier alpha value is -0.430. The van der Waals surface area contributed by atoms with Gasteiger partial charge in [-0.1, -0.05) is 13.8 Å². The second-order valence-electron chi connectivity index (χ2n) is 5.57. The first-order valence-electron chi connectivity index (χ1n) is 6.02. The minimum absolute atomic E-state index is 0.0734. The molecule has 1 atom stereocenters. The SMILES string of the molecule is CNCc1scc(C)c1S(=O)(=O)NC1CC1(C)C. The molecule has 2 N–H and O–H groups in total. The van der Waals surface area contributed by atoms with Crippen molar-refractivity contribution in [2.45, 2.75) is 44.7 Å². The molecule has 0 aromatic carbocycles. The molecule has 2 rings (SSSR count). The molecule has 1 aliphatic carbocycles. The van der Waals surface area contributed by atoms with Crippen molar-refractivity contribution in [2.75, 3.05) is 7.05 Å². The molecule has 0 bridgehead atoms. The predicted octanol–water partition coefficient (Wildman–Crippen LogP) is 1.85. The maximum Gasteiger partial charge on any atom is 0.242 e. The Kier molecular flexibility index (Phi) is 3.57. The molecular weight excluding hydrogens is 268 g/mol. The van der Waals surface area contributed by atoms with Crippen LogP contribution >= 0.6 is 11.3 Å². The van der Waals surface area contributed by atoms with E-state index in [1.807, 2.05) is 19.4 Å². The van der Waals surface area contributed by atoms with Gasteiger partial charge in [-0.05, 0) is 36.8 Å². The van der Waals surface area contributed by atoms with E-state index < -0.39 is 10.0 Å². The van der Waals surface area contributed by atoms with Crippen LogP contribution in [0, 0.1) is 12.3 Å². The molecule has 1 saturated carbocycles. The van der Waals surface area contributed by atoms with Crippen LogP contribution in [0.2, 0.25) is 0 Å². The molecule has 1 aromatic heterocycles. The largest absolute Gasteiger partial charge is 0.315 e. The van der Waals surface area contributed by atoms with Gasteiger partial charge in [0.1, 0.15) is 4.90 Å². The molecule has 1 aromatic rings. The molecule has 0 spiro atoms. The highest BCUT2D eigenvalue weighted by Gasteiger charge is 2.48. The molecule has 0 saturated heterocycles. The van der Waals surface area contributed by atoms with Crippen LogP contribution < -0.4 is 10.0 Å². The summed E-state index contributed by atoms with van der Waals surface area (Å²) >= 11 is 1.49. The summed E-state index contributed by atoms with van der Waals surface area (Å²) in [5.74, 6) is 0. The number of hydrogen-bond donors (Lipinski definition) is 2. The van der Waals surface area contributed by atoms with E-state index in [1.54, 1.807) is 0 Å². The number of thiophene rings is 1. The molecule has 1 fully saturated rings. The van der Waals surface area contributed by atoms with Crippen LogP contribution in [0.15, 0.2) is 10.3 Å². The van der Waals surface area contributed by atoms with Gasteiger partial charge in [0.15, 0.2) is 0 Å². The average molecular weight is 288 g/mol. The van der Waals surface area contributed by atoms with Crippen molar-refractivity contribution in [3.63, 3.8) is 0 Å². The average Bonchev–Trinajstić information content (AvgIpc) is 2.66. The molecule has 1 unspecified atom stereocenters. The van der Waals surface area contributed by atoms with E-state index in [0.717, 1.165) is 16.9 Å². The minimum Gasteiger partial charge on any atom is -0.315 e. The fourth-order valence-corrected chi connectivity index (χ4v) is 5.28. The van der Waals surface area contributed by atoms with Crippen LogP contribution in [0.1, 0.15) is 30.7 Å². The predicted molar refractivity (Wildman–Crippen MR) is 74.3 cm³/mol. The first-order chi connectivity index (χ1) is 8.28. The van der Waals surface area contributed by atoms with Gasteiger partial charge in [-0.25, -0.2) is 13.1 Å². The first-order valence-corrected chi connectivity index (χ1v) is 8.38. The zero-order valence-corrected chi connectivity index (χ0v) is 12.8. The molecule has 1 aliphatic rings. The maximum atomic E-state index is 12.4. The fraction of sp³-hybridized carbons (Fsp3) is 0.667. The summed E-state index contributed by atoms with van der Waals surface area (Å²) < 4.78 is 27.6. The van der Waals surface area contributed by atoms with Crippen molar-refractivity contribution in [3.8, 4) is 0 Å². The van der Waals surface area contributed by atoms with E-state index in [-0.39, 0.29) is 11.5 Å². The number of hydrogen-bond acceptors (Lipinski definition) is 4. The van der Waals surface area contributed by atoms with E-state index in [9.17, 15) is 8.42 Å². The van der Waals surface area contributed by atoms with Crippen LogP contribution in [0.5, 0.6) is 0 Å². The molecule has 102 valence electrons. The zero-order valence-electron chi connectivity index (χ0n) is 11.2. The van der Waals surface area contributed by atoms with Gasteiger partial charge in [0.05, 0.1) is 0 Å². The number of sulfonamides is 1. The van der Waals surface area contributed by atoms with Gasteiger partial charge in [-0.2, -0.15) is 0 Å². The van der Waals surface area contributed by atoms with Gasteiger partial charge < -0.3 is 5.32 Å². The molecule has 18 heavy (non-hydrogen) atoms. The summed E-state index contributed by atoms with van der Waals surface area (Å²) in [4.78, 5) is 1.34. The lowest BCUT2D eigenvalue weighted by Crippen LogP contribution is -2.29. The Bertz CT molecular complexity index is 546.